The highest BCUT2D eigenvalue weighted by atomic mass is 79.9. The van der Waals surface area contributed by atoms with Crippen molar-refractivity contribution in [2.45, 2.75) is 0 Å². The Kier molecular flexibility index (Phi) is 6.31. The molecule has 0 unspecified atom stereocenters. The number of amides is 2. The minimum Gasteiger partial charge on any atom is -0.383 e. The van der Waals surface area contributed by atoms with Crippen LogP contribution in [0.4, 0.5) is 0 Å². The van der Waals surface area contributed by atoms with Gasteiger partial charge in [-0.1, -0.05) is 0 Å². The number of halogens is 1. The second-order valence-electron chi connectivity index (χ2n) is 3.40. The zero-order valence-corrected chi connectivity index (χ0v) is 11.5. The number of hydrogen-bond acceptors (Lipinski definition) is 4. The number of hydrogen-bond donors (Lipinski definition) is 2. The van der Waals surface area contributed by atoms with Gasteiger partial charge < -0.3 is 15.4 Å². The van der Waals surface area contributed by atoms with E-state index in [4.69, 9.17) is 4.74 Å². The molecule has 0 aliphatic rings. The average molecular weight is 316 g/mol. The molecule has 0 aliphatic heterocycles. The van der Waals surface area contributed by atoms with Gasteiger partial charge in [0.05, 0.1) is 18.7 Å². The summed E-state index contributed by atoms with van der Waals surface area (Å²) in [5.41, 5.74) is 0.405. The lowest BCUT2D eigenvalue weighted by Crippen LogP contribution is -2.38. The molecule has 98 valence electrons. The fourth-order valence-electron chi connectivity index (χ4n) is 1.13. The molecule has 0 spiro atoms. The number of pyridine rings is 1. The van der Waals surface area contributed by atoms with Crippen LogP contribution in [0.1, 0.15) is 10.4 Å². The van der Waals surface area contributed by atoms with Crippen LogP contribution in [0, 0.1) is 0 Å². The van der Waals surface area contributed by atoms with Gasteiger partial charge in [-0.25, -0.2) is 4.98 Å². The summed E-state index contributed by atoms with van der Waals surface area (Å²) in [6.45, 7) is 0.792. The second kappa shape index (κ2) is 7.78. The van der Waals surface area contributed by atoms with Gasteiger partial charge in [0.15, 0.2) is 0 Å². The van der Waals surface area contributed by atoms with Crippen LogP contribution in [0.2, 0.25) is 0 Å². The Morgan fingerprint density at radius 2 is 2.17 bits per heavy atom. The predicted octanol–water partition coefficient (Wildman–Crippen LogP) is 0.337. The maximum Gasteiger partial charge on any atom is 0.253 e. The molecule has 7 heteroatoms. The highest BCUT2D eigenvalue weighted by molar-refractivity contribution is 9.10. The fourth-order valence-corrected chi connectivity index (χ4v) is 1.36. The summed E-state index contributed by atoms with van der Waals surface area (Å²) in [5, 5.41) is 5.10. The van der Waals surface area contributed by atoms with Crippen molar-refractivity contribution in [1.29, 1.82) is 0 Å². The smallest absolute Gasteiger partial charge is 0.253 e. The minimum atomic E-state index is -0.336. The molecule has 0 fully saturated rings. The van der Waals surface area contributed by atoms with Crippen molar-refractivity contribution in [2.75, 3.05) is 26.8 Å². The summed E-state index contributed by atoms with van der Waals surface area (Å²) in [7, 11) is 1.55. The van der Waals surface area contributed by atoms with E-state index >= 15 is 0 Å². The van der Waals surface area contributed by atoms with Crippen LogP contribution in [0.25, 0.3) is 0 Å². The van der Waals surface area contributed by atoms with Crippen molar-refractivity contribution in [1.82, 2.24) is 15.6 Å². The van der Waals surface area contributed by atoms with E-state index in [9.17, 15) is 9.59 Å². The largest absolute Gasteiger partial charge is 0.383 e. The lowest BCUT2D eigenvalue weighted by atomic mass is 10.3. The van der Waals surface area contributed by atoms with Gasteiger partial charge >= 0.3 is 0 Å². The van der Waals surface area contributed by atoms with Gasteiger partial charge in [0.1, 0.15) is 4.60 Å². The van der Waals surface area contributed by atoms with Crippen molar-refractivity contribution >= 4 is 27.7 Å². The number of carbonyl (C=O) groups is 2. The molecular formula is C11H14BrN3O3. The standard InChI is InChI=1S/C11H14BrN3O3/c1-18-5-4-13-10(16)7-15-11(17)8-2-3-9(12)14-6-8/h2-3,6H,4-5,7H2,1H3,(H,13,16)(H,15,17). The maximum absolute atomic E-state index is 11.6. The van der Waals surface area contributed by atoms with E-state index in [0.29, 0.717) is 23.3 Å². The average Bonchev–Trinajstić information content (AvgIpc) is 2.37. The van der Waals surface area contributed by atoms with Gasteiger partial charge in [-0.05, 0) is 28.1 Å². The first-order chi connectivity index (χ1) is 8.63. The summed E-state index contributed by atoms with van der Waals surface area (Å²) in [5.74, 6) is -0.595. The van der Waals surface area contributed by atoms with E-state index in [-0.39, 0.29) is 18.4 Å². The van der Waals surface area contributed by atoms with Crippen LogP contribution >= 0.6 is 15.9 Å². The molecule has 0 aromatic carbocycles. The SMILES string of the molecule is COCCNC(=O)CNC(=O)c1ccc(Br)nc1. The third-order valence-corrected chi connectivity index (χ3v) is 2.50. The minimum absolute atomic E-state index is 0.0708. The number of carbonyl (C=O) groups excluding carboxylic acids is 2. The van der Waals surface area contributed by atoms with E-state index in [1.165, 1.54) is 6.20 Å². The van der Waals surface area contributed by atoms with E-state index in [0.717, 1.165) is 0 Å². The molecule has 1 aromatic heterocycles. The molecule has 2 amide bonds. The molecule has 1 rings (SSSR count). The van der Waals surface area contributed by atoms with Crippen LogP contribution in [0.5, 0.6) is 0 Å². The monoisotopic (exact) mass is 315 g/mol. The van der Waals surface area contributed by atoms with Crippen LogP contribution < -0.4 is 10.6 Å². The number of rotatable bonds is 6. The lowest BCUT2D eigenvalue weighted by Gasteiger charge is -2.06. The fraction of sp³-hybridized carbons (Fsp3) is 0.364. The molecule has 1 heterocycles. The summed E-state index contributed by atoms with van der Waals surface area (Å²) < 4.78 is 5.43. The van der Waals surface area contributed by atoms with Gasteiger partial charge in [0, 0.05) is 19.9 Å². The van der Waals surface area contributed by atoms with Crippen LogP contribution in [-0.4, -0.2) is 43.6 Å². The first-order valence-corrected chi connectivity index (χ1v) is 6.08. The van der Waals surface area contributed by atoms with Gasteiger partial charge in [-0.15, -0.1) is 0 Å². The second-order valence-corrected chi connectivity index (χ2v) is 4.21. The van der Waals surface area contributed by atoms with Crippen LogP contribution in [0.15, 0.2) is 22.9 Å². The topological polar surface area (TPSA) is 80.3 Å². The summed E-state index contributed by atoms with van der Waals surface area (Å²) >= 11 is 3.17. The van der Waals surface area contributed by atoms with Gasteiger partial charge in [-0.3, -0.25) is 9.59 Å². The Balaban J connectivity index is 2.32. The molecular weight excluding hydrogens is 302 g/mol. The summed E-state index contributed by atoms with van der Waals surface area (Å²) in [6.07, 6.45) is 1.43. The van der Waals surface area contributed by atoms with Gasteiger partial charge in [0.25, 0.3) is 5.91 Å². The van der Waals surface area contributed by atoms with E-state index in [2.05, 4.69) is 31.5 Å². The Morgan fingerprint density at radius 1 is 1.39 bits per heavy atom. The highest BCUT2D eigenvalue weighted by Gasteiger charge is 2.07. The summed E-state index contributed by atoms with van der Waals surface area (Å²) in [4.78, 5) is 26.8. The van der Waals surface area contributed by atoms with E-state index < -0.39 is 0 Å². The van der Waals surface area contributed by atoms with Crippen LogP contribution in [-0.2, 0) is 9.53 Å². The first-order valence-electron chi connectivity index (χ1n) is 5.29. The molecule has 0 bridgehead atoms. The molecule has 0 saturated carbocycles. The number of ether oxygens (including phenoxy) is 1. The number of aromatic nitrogens is 1. The van der Waals surface area contributed by atoms with Crippen molar-refractivity contribution < 1.29 is 14.3 Å². The Morgan fingerprint density at radius 3 is 2.78 bits per heavy atom. The van der Waals surface area contributed by atoms with E-state index in [1.807, 2.05) is 0 Å². The lowest BCUT2D eigenvalue weighted by molar-refractivity contribution is -0.120. The zero-order valence-electron chi connectivity index (χ0n) is 9.90. The molecule has 2 N–H and O–H groups in total. The van der Waals surface area contributed by atoms with Crippen molar-refractivity contribution in [3.05, 3.63) is 28.5 Å². The van der Waals surface area contributed by atoms with Crippen LogP contribution in [0.3, 0.4) is 0 Å². The third-order valence-electron chi connectivity index (χ3n) is 2.03. The van der Waals surface area contributed by atoms with Crippen molar-refractivity contribution in [3.63, 3.8) is 0 Å². The molecule has 0 radical (unpaired) electrons. The number of nitrogens with one attached hydrogen (secondary N) is 2. The molecule has 0 aliphatic carbocycles. The number of methoxy groups -OCH3 is 1. The third kappa shape index (κ3) is 5.24. The molecule has 0 saturated heterocycles. The van der Waals surface area contributed by atoms with Gasteiger partial charge in [-0.2, -0.15) is 0 Å². The maximum atomic E-state index is 11.6. The molecule has 6 nitrogen and oxygen atoms in total. The Labute approximate surface area is 113 Å². The van der Waals surface area contributed by atoms with Gasteiger partial charge in [0.2, 0.25) is 5.91 Å². The zero-order chi connectivity index (χ0) is 13.4. The van der Waals surface area contributed by atoms with Crippen molar-refractivity contribution in [2.24, 2.45) is 0 Å². The van der Waals surface area contributed by atoms with E-state index in [1.54, 1.807) is 19.2 Å². The predicted molar refractivity (Wildman–Crippen MR) is 69.2 cm³/mol. The Bertz CT molecular complexity index is 408. The molecule has 1 aromatic rings. The molecule has 18 heavy (non-hydrogen) atoms. The normalized spacial score (nSPS) is 9.89. The highest BCUT2D eigenvalue weighted by Crippen LogP contribution is 2.05. The quantitative estimate of drug-likeness (QED) is 0.586. The molecule has 0 atom stereocenters. The summed E-state index contributed by atoms with van der Waals surface area (Å²) in [6, 6.07) is 3.28. The number of nitrogens with zero attached hydrogens (tertiary/aromatic N) is 1. The van der Waals surface area contributed by atoms with Crippen molar-refractivity contribution in [3.8, 4) is 0 Å². The Hall–Kier alpha value is -1.47. The first kappa shape index (κ1) is 14.6.